The van der Waals surface area contributed by atoms with Crippen LogP contribution in [0, 0.1) is 23.7 Å². The minimum absolute atomic E-state index is 0.0135. The molecular formula is C24H27N5O3. The van der Waals surface area contributed by atoms with Gasteiger partial charge in [0.05, 0.1) is 18.4 Å². The summed E-state index contributed by atoms with van der Waals surface area (Å²) < 4.78 is 5.42. The molecule has 0 spiro atoms. The number of aromatic nitrogens is 1. The Hall–Kier alpha value is -3.42. The number of rotatable bonds is 7. The molecule has 1 saturated carbocycles. The first-order chi connectivity index (χ1) is 15.7. The molecule has 4 atom stereocenters. The first-order valence-corrected chi connectivity index (χ1v) is 11.1. The topological polar surface area (TPSA) is 99.8 Å². The molecule has 2 heterocycles. The van der Waals surface area contributed by atoms with Crippen molar-refractivity contribution in [2.45, 2.75) is 19.4 Å². The van der Waals surface area contributed by atoms with Crippen LogP contribution in [0.2, 0.25) is 0 Å². The summed E-state index contributed by atoms with van der Waals surface area (Å²) in [6, 6.07) is 11.7. The molecule has 32 heavy (non-hydrogen) atoms. The predicted octanol–water partition coefficient (Wildman–Crippen LogP) is 2.20. The lowest BCUT2D eigenvalue weighted by Crippen LogP contribution is -2.39. The minimum atomic E-state index is -0.122. The zero-order valence-electron chi connectivity index (χ0n) is 18.0. The third-order valence-corrected chi connectivity index (χ3v) is 6.69. The van der Waals surface area contributed by atoms with E-state index in [1.807, 2.05) is 36.4 Å². The number of imide groups is 1. The molecule has 2 aromatic rings. The Labute approximate surface area is 186 Å². The Morgan fingerprint density at radius 2 is 1.84 bits per heavy atom. The quantitative estimate of drug-likeness (QED) is 0.228. The van der Waals surface area contributed by atoms with Crippen molar-refractivity contribution in [2.75, 3.05) is 20.1 Å². The number of allylic oxidation sites excluding steroid dienone is 2. The number of benzene rings is 1. The highest BCUT2D eigenvalue weighted by Crippen LogP contribution is 2.52. The van der Waals surface area contributed by atoms with Crippen LogP contribution in [-0.2, 0) is 16.1 Å². The van der Waals surface area contributed by atoms with Gasteiger partial charge in [-0.1, -0.05) is 47.6 Å². The van der Waals surface area contributed by atoms with E-state index >= 15 is 0 Å². The molecule has 1 aliphatic heterocycles. The van der Waals surface area contributed by atoms with Crippen LogP contribution in [0.1, 0.15) is 18.5 Å². The molecule has 2 N–H and O–H groups in total. The Morgan fingerprint density at radius 1 is 1.12 bits per heavy atom. The summed E-state index contributed by atoms with van der Waals surface area (Å²) in [7, 11) is 1.70. The highest BCUT2D eigenvalue weighted by molar-refractivity contribution is 6.06. The van der Waals surface area contributed by atoms with Gasteiger partial charge in [0.2, 0.25) is 11.8 Å². The molecule has 2 amide bonds. The molecule has 1 aromatic heterocycles. The van der Waals surface area contributed by atoms with Crippen LogP contribution in [0.3, 0.4) is 0 Å². The lowest BCUT2D eigenvalue weighted by Gasteiger charge is -2.17. The van der Waals surface area contributed by atoms with Crippen molar-refractivity contribution >= 4 is 17.8 Å². The van der Waals surface area contributed by atoms with Crippen molar-refractivity contribution in [3.63, 3.8) is 0 Å². The number of guanidine groups is 1. The lowest BCUT2D eigenvalue weighted by molar-refractivity contribution is -0.140. The van der Waals surface area contributed by atoms with Crippen molar-refractivity contribution in [2.24, 2.45) is 28.7 Å². The third-order valence-electron chi connectivity index (χ3n) is 6.69. The van der Waals surface area contributed by atoms with E-state index in [1.54, 1.807) is 7.05 Å². The average molecular weight is 434 g/mol. The summed E-state index contributed by atoms with van der Waals surface area (Å²) in [6.07, 6.45) is 5.87. The van der Waals surface area contributed by atoms with Crippen LogP contribution in [0.4, 0.5) is 0 Å². The molecule has 2 fully saturated rings. The second-order valence-corrected chi connectivity index (χ2v) is 8.58. The maximum Gasteiger partial charge on any atom is 0.233 e. The van der Waals surface area contributed by atoms with Crippen LogP contribution in [0.15, 0.2) is 58.1 Å². The van der Waals surface area contributed by atoms with E-state index in [9.17, 15) is 9.59 Å². The maximum atomic E-state index is 12.7. The highest BCUT2D eigenvalue weighted by atomic mass is 16.5. The average Bonchev–Trinajstić information content (AvgIpc) is 3.60. The monoisotopic (exact) mass is 433 g/mol. The fourth-order valence-corrected chi connectivity index (χ4v) is 5.16. The summed E-state index contributed by atoms with van der Waals surface area (Å²) in [5, 5.41) is 10.5. The van der Waals surface area contributed by atoms with Crippen LogP contribution >= 0.6 is 0 Å². The molecule has 0 radical (unpaired) electrons. The molecule has 2 aliphatic carbocycles. The summed E-state index contributed by atoms with van der Waals surface area (Å²) in [4.78, 5) is 31.2. The van der Waals surface area contributed by atoms with E-state index in [0.29, 0.717) is 32.0 Å². The smallest absolute Gasteiger partial charge is 0.233 e. The number of nitrogens with one attached hydrogen (secondary N) is 2. The Bertz CT molecular complexity index is 1030. The van der Waals surface area contributed by atoms with E-state index in [2.05, 4.69) is 32.9 Å². The van der Waals surface area contributed by atoms with Gasteiger partial charge < -0.3 is 15.2 Å². The van der Waals surface area contributed by atoms with Crippen molar-refractivity contribution in [1.82, 2.24) is 20.7 Å². The number of aliphatic imine (C=N–C) groups is 1. The number of likely N-dealkylation sites (tertiary alicyclic amines) is 1. The maximum absolute atomic E-state index is 12.7. The van der Waals surface area contributed by atoms with Gasteiger partial charge in [-0.05, 0) is 24.7 Å². The Morgan fingerprint density at radius 3 is 2.53 bits per heavy atom. The van der Waals surface area contributed by atoms with Gasteiger partial charge in [-0.3, -0.25) is 19.5 Å². The van der Waals surface area contributed by atoms with Crippen molar-refractivity contribution in [3.8, 4) is 11.3 Å². The van der Waals surface area contributed by atoms with Crippen LogP contribution in [-0.4, -0.2) is 48.0 Å². The van der Waals surface area contributed by atoms with Gasteiger partial charge in [-0.2, -0.15) is 0 Å². The standard InChI is InChI=1S/C24H27N5O3/c1-25-24(27-14-18-13-19(32-28-18)15-6-3-2-4-7-15)26-10-5-11-29-22(30)20-16-8-9-17(12-16)21(20)23(29)31/h2-4,6-9,13,16-17,20-21H,5,10-12,14H2,1H3,(H2,25,26,27). The molecule has 1 aromatic carbocycles. The number of carbonyl (C=O) groups is 2. The van der Waals surface area contributed by atoms with Gasteiger partial charge in [0.1, 0.15) is 5.69 Å². The van der Waals surface area contributed by atoms with Gasteiger partial charge in [0.15, 0.2) is 11.7 Å². The molecule has 1 saturated heterocycles. The van der Waals surface area contributed by atoms with Gasteiger partial charge in [0, 0.05) is 31.8 Å². The van der Waals surface area contributed by atoms with Gasteiger partial charge in [-0.25, -0.2) is 0 Å². The lowest BCUT2D eigenvalue weighted by atomic mass is 9.85. The second-order valence-electron chi connectivity index (χ2n) is 8.58. The zero-order valence-corrected chi connectivity index (χ0v) is 18.0. The number of hydrogen-bond acceptors (Lipinski definition) is 5. The normalized spacial score (nSPS) is 26.2. The second kappa shape index (κ2) is 8.61. The summed E-state index contributed by atoms with van der Waals surface area (Å²) in [5.74, 6) is 1.65. The van der Waals surface area contributed by atoms with Crippen molar-refractivity contribution < 1.29 is 14.1 Å². The molecule has 2 bridgehead atoms. The number of nitrogens with zero attached hydrogens (tertiary/aromatic N) is 3. The van der Waals surface area contributed by atoms with E-state index < -0.39 is 0 Å². The van der Waals surface area contributed by atoms with Gasteiger partial charge in [-0.15, -0.1) is 0 Å². The minimum Gasteiger partial charge on any atom is -0.356 e. The molecule has 5 rings (SSSR count). The van der Waals surface area contributed by atoms with E-state index in [-0.39, 0.29) is 35.5 Å². The fraction of sp³-hybridized carbons (Fsp3) is 0.417. The predicted molar refractivity (Wildman–Crippen MR) is 119 cm³/mol. The number of carbonyl (C=O) groups excluding carboxylic acids is 2. The zero-order chi connectivity index (χ0) is 22.1. The summed E-state index contributed by atoms with van der Waals surface area (Å²) in [6.45, 7) is 1.52. The Kier molecular flexibility index (Phi) is 5.51. The van der Waals surface area contributed by atoms with Gasteiger partial charge >= 0.3 is 0 Å². The SMILES string of the molecule is CN=C(NCCCN1C(=O)C2C3C=CC(C3)C2C1=O)NCc1cc(-c2ccccc2)on1. The van der Waals surface area contributed by atoms with E-state index in [0.717, 1.165) is 23.4 Å². The van der Waals surface area contributed by atoms with E-state index in [1.165, 1.54) is 4.90 Å². The van der Waals surface area contributed by atoms with Crippen LogP contribution < -0.4 is 10.6 Å². The van der Waals surface area contributed by atoms with Crippen molar-refractivity contribution in [1.29, 1.82) is 0 Å². The molecule has 166 valence electrons. The first kappa shape index (κ1) is 20.5. The van der Waals surface area contributed by atoms with Crippen LogP contribution in [0.5, 0.6) is 0 Å². The van der Waals surface area contributed by atoms with Gasteiger partial charge in [0.25, 0.3) is 0 Å². The van der Waals surface area contributed by atoms with Crippen LogP contribution in [0.25, 0.3) is 11.3 Å². The molecule has 3 aliphatic rings. The summed E-state index contributed by atoms with van der Waals surface area (Å²) in [5.41, 5.74) is 1.75. The molecule has 8 heteroatoms. The van der Waals surface area contributed by atoms with E-state index in [4.69, 9.17) is 4.52 Å². The first-order valence-electron chi connectivity index (χ1n) is 11.1. The fourth-order valence-electron chi connectivity index (χ4n) is 5.16. The number of hydrogen-bond donors (Lipinski definition) is 2. The molecule has 4 unspecified atom stereocenters. The third kappa shape index (κ3) is 3.70. The number of amides is 2. The molecular weight excluding hydrogens is 406 g/mol. The molecule has 8 nitrogen and oxygen atoms in total. The summed E-state index contributed by atoms with van der Waals surface area (Å²) >= 11 is 0. The largest absolute Gasteiger partial charge is 0.356 e. The van der Waals surface area contributed by atoms with Crippen molar-refractivity contribution in [3.05, 3.63) is 54.2 Å². The number of fused-ring (bicyclic) bond motifs is 5. The Balaban J connectivity index is 1.07. The highest BCUT2D eigenvalue weighted by Gasteiger charge is 2.58.